The molecule has 4 nitrogen and oxygen atoms in total. The second-order valence-corrected chi connectivity index (χ2v) is 3.86. The molecule has 13 heavy (non-hydrogen) atoms. The summed E-state index contributed by atoms with van der Waals surface area (Å²) in [5, 5.41) is 4.31. The summed E-state index contributed by atoms with van der Waals surface area (Å²) >= 11 is 0. The van der Waals surface area contributed by atoms with Crippen LogP contribution in [0.3, 0.4) is 0 Å². The highest BCUT2D eigenvalue weighted by Crippen LogP contribution is 2.18. The van der Waals surface area contributed by atoms with Crippen LogP contribution in [0.1, 0.15) is 19.5 Å². The van der Waals surface area contributed by atoms with Crippen LogP contribution in [0.4, 0.5) is 5.69 Å². The first-order chi connectivity index (χ1) is 5.97. The molecule has 0 saturated heterocycles. The van der Waals surface area contributed by atoms with Crippen LogP contribution in [0.5, 0.6) is 0 Å². The molecule has 74 valence electrons. The molecule has 0 fully saturated rings. The molecule has 0 spiro atoms. The second kappa shape index (κ2) is 3.38. The average molecular weight is 183 g/mol. The van der Waals surface area contributed by atoms with E-state index in [0.717, 1.165) is 11.4 Å². The van der Waals surface area contributed by atoms with Gasteiger partial charge >= 0.3 is 0 Å². The first-order valence-corrected chi connectivity index (χ1v) is 4.28. The van der Waals surface area contributed by atoms with Crippen molar-refractivity contribution in [2.75, 3.05) is 19.5 Å². The van der Waals surface area contributed by atoms with Crippen molar-refractivity contribution in [2.24, 2.45) is 0 Å². The highest BCUT2D eigenvalue weighted by Gasteiger charge is 2.21. The Morgan fingerprint density at radius 1 is 1.62 bits per heavy atom. The van der Waals surface area contributed by atoms with Crippen molar-refractivity contribution < 1.29 is 4.74 Å². The van der Waals surface area contributed by atoms with E-state index in [4.69, 9.17) is 10.5 Å². The Hall–Kier alpha value is -1.03. The summed E-state index contributed by atoms with van der Waals surface area (Å²) < 4.78 is 6.96. The van der Waals surface area contributed by atoms with Crippen molar-refractivity contribution >= 4 is 5.69 Å². The fraction of sp³-hybridized carbons (Fsp3) is 0.667. The van der Waals surface area contributed by atoms with Gasteiger partial charge in [-0.3, -0.25) is 4.68 Å². The van der Waals surface area contributed by atoms with Crippen molar-refractivity contribution in [1.82, 2.24) is 9.78 Å². The van der Waals surface area contributed by atoms with Crippen molar-refractivity contribution in [3.05, 3.63) is 11.9 Å². The van der Waals surface area contributed by atoms with E-state index in [1.54, 1.807) is 7.11 Å². The van der Waals surface area contributed by atoms with Crippen molar-refractivity contribution in [3.63, 3.8) is 0 Å². The fourth-order valence-corrected chi connectivity index (χ4v) is 1.20. The number of methoxy groups -OCH3 is 1. The molecule has 1 heterocycles. The zero-order valence-electron chi connectivity index (χ0n) is 8.66. The molecule has 0 aliphatic rings. The van der Waals surface area contributed by atoms with Gasteiger partial charge in [0.2, 0.25) is 0 Å². The normalized spacial score (nSPS) is 12.0. The van der Waals surface area contributed by atoms with E-state index >= 15 is 0 Å². The molecule has 0 aliphatic carbocycles. The van der Waals surface area contributed by atoms with E-state index in [-0.39, 0.29) is 5.54 Å². The van der Waals surface area contributed by atoms with Gasteiger partial charge in [0.05, 0.1) is 23.5 Å². The van der Waals surface area contributed by atoms with Gasteiger partial charge in [0.15, 0.2) is 0 Å². The molecular formula is C9H17N3O. The lowest BCUT2D eigenvalue weighted by Crippen LogP contribution is -2.31. The molecule has 0 aliphatic heterocycles. The molecule has 0 amide bonds. The molecule has 2 N–H and O–H groups in total. The van der Waals surface area contributed by atoms with E-state index in [2.05, 4.69) is 18.9 Å². The van der Waals surface area contributed by atoms with Gasteiger partial charge < -0.3 is 10.5 Å². The maximum atomic E-state index is 5.71. The Kier molecular flexibility index (Phi) is 2.61. The summed E-state index contributed by atoms with van der Waals surface area (Å²) in [7, 11) is 1.68. The molecule has 0 atom stereocenters. The first-order valence-electron chi connectivity index (χ1n) is 4.28. The van der Waals surface area contributed by atoms with E-state index in [0.29, 0.717) is 6.61 Å². The van der Waals surface area contributed by atoms with E-state index in [1.165, 1.54) is 0 Å². The Morgan fingerprint density at radius 2 is 2.23 bits per heavy atom. The van der Waals surface area contributed by atoms with Gasteiger partial charge in [0.25, 0.3) is 0 Å². The van der Waals surface area contributed by atoms with Gasteiger partial charge in [0, 0.05) is 13.3 Å². The Balaban J connectivity index is 2.93. The number of nitrogens with two attached hydrogens (primary N) is 1. The largest absolute Gasteiger partial charge is 0.396 e. The third kappa shape index (κ3) is 2.01. The Bertz CT molecular complexity index is 272. The predicted octanol–water partition coefficient (Wildman–Crippen LogP) is 1.16. The van der Waals surface area contributed by atoms with Crippen LogP contribution in [0.15, 0.2) is 6.20 Å². The minimum absolute atomic E-state index is 0.142. The van der Waals surface area contributed by atoms with E-state index < -0.39 is 0 Å². The minimum Gasteiger partial charge on any atom is -0.396 e. The van der Waals surface area contributed by atoms with Crippen LogP contribution < -0.4 is 5.73 Å². The maximum absolute atomic E-state index is 5.71. The second-order valence-electron chi connectivity index (χ2n) is 3.86. The summed E-state index contributed by atoms with van der Waals surface area (Å²) in [6, 6.07) is 0. The van der Waals surface area contributed by atoms with Crippen LogP contribution in [-0.4, -0.2) is 23.5 Å². The first kappa shape index (κ1) is 10.1. The molecule has 1 aromatic heterocycles. The SMILES string of the molecule is COCC(C)(C)n1cc(N)c(C)n1. The number of hydrogen-bond donors (Lipinski definition) is 1. The summed E-state index contributed by atoms with van der Waals surface area (Å²) in [6.07, 6.45) is 1.84. The quantitative estimate of drug-likeness (QED) is 0.765. The Morgan fingerprint density at radius 3 is 2.62 bits per heavy atom. The number of nitrogen functional groups attached to an aromatic ring is 1. The van der Waals surface area contributed by atoms with E-state index in [1.807, 2.05) is 17.8 Å². The number of anilines is 1. The van der Waals surface area contributed by atoms with Crippen LogP contribution in [-0.2, 0) is 10.3 Å². The lowest BCUT2D eigenvalue weighted by atomic mass is 10.1. The predicted molar refractivity (Wildman–Crippen MR) is 52.6 cm³/mol. The standard InChI is InChI=1S/C9H17N3O/c1-7-8(10)5-12(11-7)9(2,3)6-13-4/h5H,6,10H2,1-4H3. The molecule has 0 saturated carbocycles. The highest BCUT2D eigenvalue weighted by molar-refractivity contribution is 5.39. The van der Waals surface area contributed by atoms with Crippen LogP contribution in [0.25, 0.3) is 0 Å². The van der Waals surface area contributed by atoms with E-state index in [9.17, 15) is 0 Å². The van der Waals surface area contributed by atoms with Gasteiger partial charge in [-0.2, -0.15) is 5.10 Å². The number of nitrogens with zero attached hydrogens (tertiary/aromatic N) is 2. The molecule has 0 aromatic carbocycles. The molecule has 1 aromatic rings. The zero-order chi connectivity index (χ0) is 10.1. The summed E-state index contributed by atoms with van der Waals surface area (Å²) in [6.45, 7) is 6.63. The van der Waals surface area contributed by atoms with Gasteiger partial charge in [0.1, 0.15) is 0 Å². The number of hydrogen-bond acceptors (Lipinski definition) is 3. The average Bonchev–Trinajstić information content (AvgIpc) is 2.33. The van der Waals surface area contributed by atoms with Gasteiger partial charge in [-0.05, 0) is 20.8 Å². The zero-order valence-corrected chi connectivity index (χ0v) is 8.66. The van der Waals surface area contributed by atoms with Gasteiger partial charge in [-0.25, -0.2) is 0 Å². The topological polar surface area (TPSA) is 53.1 Å². The fourth-order valence-electron chi connectivity index (χ4n) is 1.20. The lowest BCUT2D eigenvalue weighted by Gasteiger charge is -2.24. The summed E-state index contributed by atoms with van der Waals surface area (Å²) in [5.41, 5.74) is 7.16. The van der Waals surface area contributed by atoms with Crippen LogP contribution >= 0.6 is 0 Å². The van der Waals surface area contributed by atoms with Crippen LogP contribution in [0, 0.1) is 6.92 Å². The molecule has 0 bridgehead atoms. The maximum Gasteiger partial charge on any atom is 0.0823 e. The lowest BCUT2D eigenvalue weighted by molar-refractivity contribution is 0.101. The monoisotopic (exact) mass is 183 g/mol. The molecule has 4 heteroatoms. The van der Waals surface area contributed by atoms with Gasteiger partial charge in [-0.15, -0.1) is 0 Å². The van der Waals surface area contributed by atoms with Crippen molar-refractivity contribution in [1.29, 1.82) is 0 Å². The van der Waals surface area contributed by atoms with Crippen molar-refractivity contribution in [3.8, 4) is 0 Å². The van der Waals surface area contributed by atoms with Gasteiger partial charge in [-0.1, -0.05) is 0 Å². The summed E-state index contributed by atoms with van der Waals surface area (Å²) in [4.78, 5) is 0. The third-order valence-electron chi connectivity index (χ3n) is 2.05. The molecule has 0 unspecified atom stereocenters. The number of rotatable bonds is 3. The Labute approximate surface area is 78.7 Å². The molecule has 1 rings (SSSR count). The van der Waals surface area contributed by atoms with Crippen molar-refractivity contribution in [2.45, 2.75) is 26.3 Å². The number of aryl methyl sites for hydroxylation is 1. The highest BCUT2D eigenvalue weighted by atomic mass is 16.5. The number of aromatic nitrogens is 2. The minimum atomic E-state index is -0.142. The molecule has 0 radical (unpaired) electrons. The molecular weight excluding hydrogens is 166 g/mol. The number of ether oxygens (including phenoxy) is 1. The summed E-state index contributed by atoms with van der Waals surface area (Å²) in [5.74, 6) is 0. The third-order valence-corrected chi connectivity index (χ3v) is 2.05. The smallest absolute Gasteiger partial charge is 0.0823 e. The van der Waals surface area contributed by atoms with Crippen LogP contribution in [0.2, 0.25) is 0 Å².